The fourth-order valence-corrected chi connectivity index (χ4v) is 2.82. The average Bonchev–Trinajstić information content (AvgIpc) is 2.92. The summed E-state index contributed by atoms with van der Waals surface area (Å²) in [4.78, 5) is 26.2. The fraction of sp³-hybridized carbons (Fsp3) is 0.556. The molecule has 1 fully saturated rings. The topological polar surface area (TPSA) is 55.8 Å². The molecule has 126 valence electrons. The number of rotatable bonds is 3. The minimum atomic E-state index is -0.546. The van der Waals surface area contributed by atoms with Gasteiger partial charge in [0.15, 0.2) is 0 Å². The Morgan fingerprint density at radius 1 is 1.17 bits per heavy atom. The third kappa shape index (κ3) is 4.47. The van der Waals surface area contributed by atoms with Crippen LogP contribution in [0, 0.1) is 5.92 Å². The van der Waals surface area contributed by atoms with Gasteiger partial charge >= 0.3 is 12.1 Å². The van der Waals surface area contributed by atoms with Crippen molar-refractivity contribution in [1.29, 1.82) is 0 Å². The van der Waals surface area contributed by atoms with Gasteiger partial charge in [0.25, 0.3) is 0 Å². The van der Waals surface area contributed by atoms with Crippen LogP contribution >= 0.6 is 0 Å². The summed E-state index contributed by atoms with van der Waals surface area (Å²) in [5.74, 6) is -0.713. The Kier molecular flexibility index (Phi) is 5.29. The van der Waals surface area contributed by atoms with Crippen LogP contribution in [-0.2, 0) is 14.3 Å². The molecule has 1 aromatic carbocycles. The standard InChI is InChI=1S/C18H25NO4/c1-5-22-17(21)19-11-14(13-9-7-6-8-10-13)15(12-19)16(20)23-18(2,3)4/h6-10,14-15H,5,11-12H2,1-4H3. The monoisotopic (exact) mass is 319 g/mol. The van der Waals surface area contributed by atoms with Gasteiger partial charge in [0.05, 0.1) is 12.5 Å². The van der Waals surface area contributed by atoms with Gasteiger partial charge in [0, 0.05) is 19.0 Å². The van der Waals surface area contributed by atoms with E-state index < -0.39 is 5.60 Å². The molecule has 2 unspecified atom stereocenters. The number of likely N-dealkylation sites (tertiary alicyclic amines) is 1. The van der Waals surface area contributed by atoms with Crippen molar-refractivity contribution in [2.75, 3.05) is 19.7 Å². The first-order chi connectivity index (χ1) is 10.8. The van der Waals surface area contributed by atoms with E-state index in [1.54, 1.807) is 11.8 Å². The molecule has 0 spiro atoms. The van der Waals surface area contributed by atoms with Crippen LogP contribution in [0.25, 0.3) is 0 Å². The summed E-state index contributed by atoms with van der Waals surface area (Å²) < 4.78 is 10.6. The van der Waals surface area contributed by atoms with Crippen LogP contribution in [-0.4, -0.2) is 42.3 Å². The van der Waals surface area contributed by atoms with E-state index in [2.05, 4.69) is 0 Å². The molecule has 1 aliphatic rings. The van der Waals surface area contributed by atoms with Crippen LogP contribution in [0.2, 0.25) is 0 Å². The second-order valence-corrected chi connectivity index (χ2v) is 6.76. The number of carbonyl (C=O) groups is 2. The second kappa shape index (κ2) is 7.02. The van der Waals surface area contributed by atoms with Gasteiger partial charge in [-0.25, -0.2) is 4.79 Å². The molecule has 0 saturated carbocycles. The largest absolute Gasteiger partial charge is 0.460 e. The average molecular weight is 319 g/mol. The molecule has 5 heteroatoms. The molecule has 0 aromatic heterocycles. The van der Waals surface area contributed by atoms with Crippen molar-refractivity contribution in [1.82, 2.24) is 4.90 Å². The van der Waals surface area contributed by atoms with Crippen molar-refractivity contribution in [3.63, 3.8) is 0 Å². The third-order valence-electron chi connectivity index (χ3n) is 3.78. The SMILES string of the molecule is CCOC(=O)N1CC(C(=O)OC(C)(C)C)C(c2ccccc2)C1. The van der Waals surface area contributed by atoms with Crippen LogP contribution in [0.5, 0.6) is 0 Å². The second-order valence-electron chi connectivity index (χ2n) is 6.76. The number of hydrogen-bond donors (Lipinski definition) is 0. The predicted octanol–water partition coefficient (Wildman–Crippen LogP) is 3.20. The Hall–Kier alpha value is -2.04. The number of hydrogen-bond acceptors (Lipinski definition) is 4. The van der Waals surface area contributed by atoms with Crippen LogP contribution < -0.4 is 0 Å². The Bertz CT molecular complexity index is 550. The quantitative estimate of drug-likeness (QED) is 0.803. The highest BCUT2D eigenvalue weighted by Gasteiger charge is 2.42. The zero-order valence-corrected chi connectivity index (χ0v) is 14.2. The van der Waals surface area contributed by atoms with Gasteiger partial charge in [-0.05, 0) is 33.3 Å². The third-order valence-corrected chi connectivity index (χ3v) is 3.78. The molecule has 1 amide bonds. The molecular weight excluding hydrogens is 294 g/mol. The highest BCUT2D eigenvalue weighted by atomic mass is 16.6. The first kappa shape index (κ1) is 17.3. The zero-order valence-electron chi connectivity index (χ0n) is 14.2. The number of nitrogens with zero attached hydrogens (tertiary/aromatic N) is 1. The Morgan fingerprint density at radius 2 is 1.83 bits per heavy atom. The van der Waals surface area contributed by atoms with E-state index in [0.29, 0.717) is 19.7 Å². The Labute approximate surface area is 137 Å². The van der Waals surface area contributed by atoms with E-state index in [0.717, 1.165) is 5.56 Å². The van der Waals surface area contributed by atoms with E-state index in [9.17, 15) is 9.59 Å². The molecule has 0 bridgehead atoms. The van der Waals surface area contributed by atoms with Gasteiger partial charge < -0.3 is 14.4 Å². The van der Waals surface area contributed by atoms with E-state index in [4.69, 9.17) is 9.47 Å². The number of benzene rings is 1. The van der Waals surface area contributed by atoms with Crippen molar-refractivity contribution in [2.45, 2.75) is 39.2 Å². The first-order valence-electron chi connectivity index (χ1n) is 8.01. The molecule has 1 aromatic rings. The molecule has 1 aliphatic heterocycles. The van der Waals surface area contributed by atoms with Crippen LogP contribution in [0.3, 0.4) is 0 Å². The lowest BCUT2D eigenvalue weighted by Gasteiger charge is -2.24. The molecule has 1 heterocycles. The number of amides is 1. The van der Waals surface area contributed by atoms with Crippen molar-refractivity contribution in [2.24, 2.45) is 5.92 Å². The van der Waals surface area contributed by atoms with Gasteiger partial charge in [0.1, 0.15) is 5.60 Å². The lowest BCUT2D eigenvalue weighted by Crippen LogP contribution is -2.33. The van der Waals surface area contributed by atoms with Crippen molar-refractivity contribution >= 4 is 12.1 Å². The highest BCUT2D eigenvalue weighted by Crippen LogP contribution is 2.34. The van der Waals surface area contributed by atoms with Crippen LogP contribution in [0.1, 0.15) is 39.2 Å². The molecule has 2 rings (SSSR count). The Balaban J connectivity index is 2.21. The van der Waals surface area contributed by atoms with Crippen molar-refractivity contribution in [3.05, 3.63) is 35.9 Å². The van der Waals surface area contributed by atoms with E-state index in [-0.39, 0.29) is 23.9 Å². The molecule has 0 radical (unpaired) electrons. The van der Waals surface area contributed by atoms with Crippen molar-refractivity contribution in [3.8, 4) is 0 Å². The summed E-state index contributed by atoms with van der Waals surface area (Å²) in [6.07, 6.45) is -0.375. The maximum atomic E-state index is 12.6. The van der Waals surface area contributed by atoms with Gasteiger partial charge in [-0.1, -0.05) is 30.3 Å². The molecule has 1 saturated heterocycles. The van der Waals surface area contributed by atoms with Crippen LogP contribution in [0.15, 0.2) is 30.3 Å². The summed E-state index contributed by atoms with van der Waals surface area (Å²) in [7, 11) is 0. The summed E-state index contributed by atoms with van der Waals surface area (Å²) in [6.45, 7) is 8.43. The number of ether oxygens (including phenoxy) is 2. The number of esters is 1. The molecule has 23 heavy (non-hydrogen) atoms. The van der Waals surface area contributed by atoms with E-state index in [1.165, 1.54) is 0 Å². The molecule has 0 aliphatic carbocycles. The molecule has 2 atom stereocenters. The summed E-state index contributed by atoms with van der Waals surface area (Å²) in [5, 5.41) is 0. The smallest absolute Gasteiger partial charge is 0.409 e. The maximum Gasteiger partial charge on any atom is 0.409 e. The molecule has 0 N–H and O–H groups in total. The normalized spacial score (nSPS) is 21.1. The highest BCUT2D eigenvalue weighted by molar-refractivity contribution is 5.77. The summed E-state index contributed by atoms with van der Waals surface area (Å²) in [6, 6.07) is 9.78. The van der Waals surface area contributed by atoms with E-state index in [1.807, 2.05) is 51.1 Å². The lowest BCUT2D eigenvalue weighted by atomic mass is 9.89. The maximum absolute atomic E-state index is 12.6. The van der Waals surface area contributed by atoms with Gasteiger partial charge in [0.2, 0.25) is 0 Å². The van der Waals surface area contributed by atoms with Gasteiger partial charge in [-0.15, -0.1) is 0 Å². The molecule has 5 nitrogen and oxygen atoms in total. The Morgan fingerprint density at radius 3 is 2.39 bits per heavy atom. The first-order valence-corrected chi connectivity index (χ1v) is 8.01. The fourth-order valence-electron chi connectivity index (χ4n) is 2.82. The summed E-state index contributed by atoms with van der Waals surface area (Å²) >= 11 is 0. The predicted molar refractivity (Wildman–Crippen MR) is 87.1 cm³/mol. The lowest BCUT2D eigenvalue weighted by molar-refractivity contribution is -0.159. The number of carbonyl (C=O) groups excluding carboxylic acids is 2. The van der Waals surface area contributed by atoms with Crippen LogP contribution in [0.4, 0.5) is 4.79 Å². The summed E-state index contributed by atoms with van der Waals surface area (Å²) in [5.41, 5.74) is 0.491. The zero-order chi connectivity index (χ0) is 17.0. The minimum Gasteiger partial charge on any atom is -0.460 e. The van der Waals surface area contributed by atoms with E-state index >= 15 is 0 Å². The van der Waals surface area contributed by atoms with Gasteiger partial charge in [-0.3, -0.25) is 4.79 Å². The van der Waals surface area contributed by atoms with Gasteiger partial charge in [-0.2, -0.15) is 0 Å². The minimum absolute atomic E-state index is 0.0737. The van der Waals surface area contributed by atoms with Crippen molar-refractivity contribution < 1.29 is 19.1 Å². The molecular formula is C18H25NO4.